The highest BCUT2D eigenvalue weighted by atomic mass is 16.5. The fraction of sp³-hybridized carbons (Fsp3) is 0.533. The van der Waals surface area contributed by atoms with Gasteiger partial charge in [0, 0.05) is 26.5 Å². The van der Waals surface area contributed by atoms with Gasteiger partial charge in [-0.3, -0.25) is 0 Å². The molecule has 110 valence electrons. The van der Waals surface area contributed by atoms with E-state index in [4.69, 9.17) is 9.47 Å². The van der Waals surface area contributed by atoms with Crippen molar-refractivity contribution in [1.29, 1.82) is 0 Å². The number of aromatic nitrogens is 2. The van der Waals surface area contributed by atoms with Gasteiger partial charge in [0.05, 0.1) is 24.6 Å². The number of methoxy groups -OCH3 is 1. The summed E-state index contributed by atoms with van der Waals surface area (Å²) >= 11 is 0. The minimum Gasteiger partial charge on any atom is -0.382 e. The minimum absolute atomic E-state index is 0.661. The van der Waals surface area contributed by atoms with Gasteiger partial charge in [0.2, 0.25) is 0 Å². The summed E-state index contributed by atoms with van der Waals surface area (Å²) in [5.74, 6) is 0. The van der Waals surface area contributed by atoms with Crippen LogP contribution in [-0.2, 0) is 16.0 Å². The van der Waals surface area contributed by atoms with Crippen LogP contribution in [0.5, 0.6) is 0 Å². The van der Waals surface area contributed by atoms with Crippen molar-refractivity contribution in [3.63, 3.8) is 0 Å². The first-order valence-corrected chi connectivity index (χ1v) is 7.03. The second-order valence-corrected chi connectivity index (χ2v) is 4.71. The molecule has 2 aromatic rings. The minimum atomic E-state index is 0.661. The molecule has 0 aliphatic heterocycles. The zero-order valence-electron chi connectivity index (χ0n) is 12.3. The summed E-state index contributed by atoms with van der Waals surface area (Å²) in [6.07, 6.45) is 3.06. The molecule has 0 aromatic carbocycles. The normalized spacial score (nSPS) is 11.3. The van der Waals surface area contributed by atoms with Crippen LogP contribution in [0.2, 0.25) is 0 Å². The van der Waals surface area contributed by atoms with E-state index in [1.807, 2.05) is 18.2 Å². The number of pyridine rings is 1. The predicted octanol–water partition coefficient (Wildman–Crippen LogP) is 1.79. The molecular weight excluding hydrogens is 254 g/mol. The lowest BCUT2D eigenvalue weighted by molar-refractivity contribution is 0.0694. The van der Waals surface area contributed by atoms with Gasteiger partial charge in [0.25, 0.3) is 0 Å². The Morgan fingerprint density at radius 3 is 3.00 bits per heavy atom. The van der Waals surface area contributed by atoms with Crippen molar-refractivity contribution in [2.45, 2.75) is 19.9 Å². The Balaban J connectivity index is 1.72. The summed E-state index contributed by atoms with van der Waals surface area (Å²) in [6, 6.07) is 6.07. The van der Waals surface area contributed by atoms with Crippen LogP contribution in [0.15, 0.2) is 24.4 Å². The summed E-state index contributed by atoms with van der Waals surface area (Å²) in [5, 5.41) is 3.44. The Bertz CT molecular complexity index is 525. The van der Waals surface area contributed by atoms with Crippen LogP contribution in [0.3, 0.4) is 0 Å². The maximum absolute atomic E-state index is 5.42. The van der Waals surface area contributed by atoms with Crippen LogP contribution >= 0.6 is 0 Å². The number of nitrogens with zero attached hydrogens (tertiary/aromatic N) is 2. The molecule has 0 atom stereocenters. The monoisotopic (exact) mass is 277 g/mol. The van der Waals surface area contributed by atoms with E-state index in [0.29, 0.717) is 13.2 Å². The molecule has 0 saturated carbocycles. The van der Waals surface area contributed by atoms with Crippen molar-refractivity contribution in [3.05, 3.63) is 35.8 Å². The molecule has 0 aliphatic rings. The molecule has 0 bridgehead atoms. The van der Waals surface area contributed by atoms with Crippen LogP contribution in [0.1, 0.15) is 17.8 Å². The van der Waals surface area contributed by atoms with Gasteiger partial charge >= 0.3 is 0 Å². The van der Waals surface area contributed by atoms with Crippen molar-refractivity contribution in [2.75, 3.05) is 33.5 Å². The number of hydrogen-bond donors (Lipinski definition) is 1. The Hall–Kier alpha value is -1.43. The van der Waals surface area contributed by atoms with Gasteiger partial charge in [-0.05, 0) is 32.0 Å². The van der Waals surface area contributed by atoms with Crippen LogP contribution < -0.4 is 5.32 Å². The molecule has 0 aliphatic carbocycles. The van der Waals surface area contributed by atoms with Crippen LogP contribution in [0, 0.1) is 6.92 Å². The number of ether oxygens (including phenoxy) is 2. The molecule has 2 rings (SSSR count). The summed E-state index contributed by atoms with van der Waals surface area (Å²) in [4.78, 5) is 4.55. The van der Waals surface area contributed by atoms with Crippen molar-refractivity contribution >= 4 is 5.65 Å². The van der Waals surface area contributed by atoms with Gasteiger partial charge in [0.15, 0.2) is 0 Å². The summed E-state index contributed by atoms with van der Waals surface area (Å²) in [6.45, 7) is 5.92. The van der Waals surface area contributed by atoms with Gasteiger partial charge in [-0.15, -0.1) is 0 Å². The molecule has 20 heavy (non-hydrogen) atoms. The smallest absolute Gasteiger partial charge is 0.137 e. The van der Waals surface area contributed by atoms with Gasteiger partial charge in [-0.1, -0.05) is 6.07 Å². The average molecular weight is 277 g/mol. The Kier molecular flexibility index (Phi) is 5.98. The lowest BCUT2D eigenvalue weighted by Crippen LogP contribution is -2.18. The van der Waals surface area contributed by atoms with E-state index in [2.05, 4.69) is 27.8 Å². The van der Waals surface area contributed by atoms with Crippen LogP contribution in [-0.4, -0.2) is 42.9 Å². The van der Waals surface area contributed by atoms with E-state index >= 15 is 0 Å². The number of rotatable bonds is 9. The van der Waals surface area contributed by atoms with E-state index in [0.717, 1.165) is 37.5 Å². The third-order valence-electron chi connectivity index (χ3n) is 3.20. The number of nitrogens with one attached hydrogen (secondary N) is 1. The molecular formula is C15H23N3O2. The largest absolute Gasteiger partial charge is 0.382 e. The second kappa shape index (κ2) is 7.99. The van der Waals surface area contributed by atoms with Crippen LogP contribution in [0.25, 0.3) is 5.65 Å². The molecule has 5 heteroatoms. The molecule has 1 N–H and O–H groups in total. The molecule has 0 radical (unpaired) electrons. The van der Waals surface area contributed by atoms with E-state index in [1.165, 1.54) is 5.69 Å². The lowest BCUT2D eigenvalue weighted by Gasteiger charge is -2.06. The van der Waals surface area contributed by atoms with Crippen molar-refractivity contribution < 1.29 is 9.47 Å². The number of fused-ring (bicyclic) bond motifs is 1. The number of hydrogen-bond acceptors (Lipinski definition) is 4. The summed E-state index contributed by atoms with van der Waals surface area (Å²) in [5.41, 5.74) is 3.31. The highest BCUT2D eigenvalue weighted by Crippen LogP contribution is 2.11. The molecule has 0 saturated heterocycles. The zero-order valence-corrected chi connectivity index (χ0v) is 12.3. The molecule has 0 amide bonds. The van der Waals surface area contributed by atoms with Gasteiger partial charge in [0.1, 0.15) is 5.65 Å². The number of imidazole rings is 1. The first-order valence-electron chi connectivity index (χ1n) is 7.03. The fourth-order valence-electron chi connectivity index (χ4n) is 2.13. The molecule has 2 aromatic heterocycles. The zero-order chi connectivity index (χ0) is 14.2. The first kappa shape index (κ1) is 15.0. The quantitative estimate of drug-likeness (QED) is 0.710. The van der Waals surface area contributed by atoms with Crippen molar-refractivity contribution in [2.24, 2.45) is 0 Å². The highest BCUT2D eigenvalue weighted by molar-refractivity contribution is 5.42. The van der Waals surface area contributed by atoms with E-state index in [9.17, 15) is 0 Å². The standard InChI is InChI=1S/C15H23N3O2/c1-13-14(18-8-4-3-6-15(18)17-13)12-16-7-5-9-20-11-10-19-2/h3-4,6,8,16H,5,7,9-12H2,1-2H3. The fourth-order valence-corrected chi connectivity index (χ4v) is 2.13. The maximum Gasteiger partial charge on any atom is 0.137 e. The van der Waals surface area contributed by atoms with Crippen molar-refractivity contribution in [1.82, 2.24) is 14.7 Å². The van der Waals surface area contributed by atoms with E-state index < -0.39 is 0 Å². The second-order valence-electron chi connectivity index (χ2n) is 4.71. The summed E-state index contributed by atoms with van der Waals surface area (Å²) in [7, 11) is 1.68. The average Bonchev–Trinajstić information content (AvgIpc) is 2.78. The molecule has 0 fully saturated rings. The third-order valence-corrected chi connectivity index (χ3v) is 3.20. The Labute approximate surface area is 119 Å². The van der Waals surface area contributed by atoms with E-state index in [1.54, 1.807) is 7.11 Å². The summed E-state index contributed by atoms with van der Waals surface area (Å²) < 4.78 is 12.5. The van der Waals surface area contributed by atoms with E-state index in [-0.39, 0.29) is 0 Å². The SMILES string of the molecule is COCCOCCCNCc1c(C)nc2ccccn12. The molecule has 2 heterocycles. The topological polar surface area (TPSA) is 47.8 Å². The number of aryl methyl sites for hydroxylation is 1. The lowest BCUT2D eigenvalue weighted by atomic mass is 10.3. The van der Waals surface area contributed by atoms with Gasteiger partial charge < -0.3 is 19.2 Å². The highest BCUT2D eigenvalue weighted by Gasteiger charge is 2.06. The first-order chi connectivity index (χ1) is 9.83. The molecule has 0 unspecified atom stereocenters. The molecule has 0 spiro atoms. The Morgan fingerprint density at radius 1 is 1.25 bits per heavy atom. The van der Waals surface area contributed by atoms with Gasteiger partial charge in [-0.2, -0.15) is 0 Å². The maximum atomic E-state index is 5.42. The predicted molar refractivity (Wildman–Crippen MR) is 78.9 cm³/mol. The Morgan fingerprint density at radius 2 is 2.15 bits per heavy atom. The third kappa shape index (κ3) is 4.03. The van der Waals surface area contributed by atoms with Gasteiger partial charge in [-0.25, -0.2) is 4.98 Å². The molecule has 5 nitrogen and oxygen atoms in total. The van der Waals surface area contributed by atoms with Crippen LogP contribution in [0.4, 0.5) is 0 Å². The van der Waals surface area contributed by atoms with Crippen molar-refractivity contribution in [3.8, 4) is 0 Å².